The van der Waals surface area contributed by atoms with Gasteiger partial charge in [0.05, 0.1) is 5.41 Å². The number of benzene rings is 1. The van der Waals surface area contributed by atoms with Crippen LogP contribution >= 0.6 is 0 Å². The minimum Gasteiger partial charge on any atom is -0.508 e. The molecule has 1 aromatic carbocycles. The van der Waals surface area contributed by atoms with Crippen LogP contribution in [0.15, 0.2) is 18.2 Å². The number of likely N-dealkylation sites (tertiary alicyclic amines) is 1. The van der Waals surface area contributed by atoms with E-state index < -0.39 is 5.41 Å². The van der Waals surface area contributed by atoms with E-state index in [4.69, 9.17) is 0 Å². The predicted octanol–water partition coefficient (Wildman–Crippen LogP) is 1.30. The molecule has 2 amide bonds. The van der Waals surface area contributed by atoms with Gasteiger partial charge in [-0.05, 0) is 44.0 Å². The first-order chi connectivity index (χ1) is 9.37. The highest BCUT2D eigenvalue weighted by Crippen LogP contribution is 2.31. The van der Waals surface area contributed by atoms with Gasteiger partial charge in [-0.15, -0.1) is 0 Å². The normalized spacial score (nSPS) is 21.9. The van der Waals surface area contributed by atoms with Crippen molar-refractivity contribution in [2.75, 3.05) is 20.1 Å². The van der Waals surface area contributed by atoms with Crippen LogP contribution in [-0.2, 0) is 4.79 Å². The standard InChI is InChI=1S/C15H20N2O3/c1-10-8-11(4-5-12(10)18)13(19)17-7-6-15(2,9-17)14(20)16-3/h4-5,8,18H,6-7,9H2,1-3H3,(H,16,20). The highest BCUT2D eigenvalue weighted by atomic mass is 16.3. The molecule has 1 atom stereocenters. The maximum Gasteiger partial charge on any atom is 0.253 e. The second-order valence-corrected chi connectivity index (χ2v) is 5.62. The number of carbonyl (C=O) groups is 2. The molecule has 0 saturated carbocycles. The van der Waals surface area contributed by atoms with E-state index in [0.717, 1.165) is 0 Å². The van der Waals surface area contributed by atoms with Crippen molar-refractivity contribution < 1.29 is 14.7 Å². The molecular weight excluding hydrogens is 256 g/mol. The summed E-state index contributed by atoms with van der Waals surface area (Å²) in [6, 6.07) is 4.81. The lowest BCUT2D eigenvalue weighted by Gasteiger charge is -2.22. The molecule has 0 radical (unpaired) electrons. The van der Waals surface area contributed by atoms with Crippen LogP contribution in [0.2, 0.25) is 0 Å². The minimum atomic E-state index is -0.517. The molecule has 5 nitrogen and oxygen atoms in total. The van der Waals surface area contributed by atoms with Crippen molar-refractivity contribution in [1.29, 1.82) is 0 Å². The maximum absolute atomic E-state index is 12.4. The van der Waals surface area contributed by atoms with Crippen molar-refractivity contribution in [2.24, 2.45) is 5.41 Å². The third-order valence-corrected chi connectivity index (χ3v) is 3.98. The lowest BCUT2D eigenvalue weighted by Crippen LogP contribution is -2.40. The Morgan fingerprint density at radius 1 is 1.40 bits per heavy atom. The van der Waals surface area contributed by atoms with E-state index in [1.165, 1.54) is 6.07 Å². The Morgan fingerprint density at radius 3 is 2.70 bits per heavy atom. The number of phenolic OH excluding ortho intramolecular Hbond substituents is 1. The first-order valence-electron chi connectivity index (χ1n) is 6.68. The zero-order chi connectivity index (χ0) is 14.9. The lowest BCUT2D eigenvalue weighted by molar-refractivity contribution is -0.128. The van der Waals surface area contributed by atoms with E-state index in [9.17, 15) is 14.7 Å². The molecule has 1 aliphatic rings. The molecule has 1 aromatic rings. The molecule has 1 heterocycles. The molecule has 0 spiro atoms. The molecule has 20 heavy (non-hydrogen) atoms. The number of rotatable bonds is 2. The Kier molecular flexibility index (Phi) is 3.70. The summed E-state index contributed by atoms with van der Waals surface area (Å²) in [5, 5.41) is 12.2. The molecule has 1 unspecified atom stereocenters. The van der Waals surface area contributed by atoms with E-state index in [1.807, 2.05) is 6.92 Å². The minimum absolute atomic E-state index is 0.0327. The number of aromatic hydroxyl groups is 1. The molecule has 2 N–H and O–H groups in total. The molecule has 108 valence electrons. The Hall–Kier alpha value is -2.04. The summed E-state index contributed by atoms with van der Waals surface area (Å²) in [6.07, 6.45) is 0.662. The number of amides is 2. The molecule has 0 aromatic heterocycles. The van der Waals surface area contributed by atoms with Gasteiger partial charge in [0.15, 0.2) is 0 Å². The zero-order valence-corrected chi connectivity index (χ0v) is 12.1. The highest BCUT2D eigenvalue weighted by Gasteiger charge is 2.41. The third kappa shape index (κ3) is 2.48. The number of phenols is 1. The summed E-state index contributed by atoms with van der Waals surface area (Å²) in [6.45, 7) is 4.63. The van der Waals surface area contributed by atoms with Crippen molar-refractivity contribution in [3.05, 3.63) is 29.3 Å². The Labute approximate surface area is 118 Å². The van der Waals surface area contributed by atoms with Crippen molar-refractivity contribution in [1.82, 2.24) is 10.2 Å². The van der Waals surface area contributed by atoms with Gasteiger partial charge in [0.25, 0.3) is 5.91 Å². The summed E-state index contributed by atoms with van der Waals surface area (Å²) in [4.78, 5) is 26.0. The second kappa shape index (κ2) is 5.15. The van der Waals surface area contributed by atoms with Gasteiger partial charge in [0.1, 0.15) is 5.75 Å². The smallest absolute Gasteiger partial charge is 0.253 e. The van der Waals surface area contributed by atoms with Crippen LogP contribution in [0, 0.1) is 12.3 Å². The monoisotopic (exact) mass is 276 g/mol. The first-order valence-corrected chi connectivity index (χ1v) is 6.68. The number of hydrogen-bond donors (Lipinski definition) is 2. The van der Waals surface area contributed by atoms with E-state index in [2.05, 4.69) is 5.32 Å². The number of carbonyl (C=O) groups excluding carboxylic acids is 2. The van der Waals surface area contributed by atoms with Gasteiger partial charge in [0, 0.05) is 25.7 Å². The van der Waals surface area contributed by atoms with Crippen LogP contribution in [0.25, 0.3) is 0 Å². The molecular formula is C15H20N2O3. The Morgan fingerprint density at radius 2 is 2.10 bits per heavy atom. The van der Waals surface area contributed by atoms with Gasteiger partial charge in [-0.25, -0.2) is 0 Å². The maximum atomic E-state index is 12.4. The predicted molar refractivity (Wildman–Crippen MR) is 75.5 cm³/mol. The third-order valence-electron chi connectivity index (χ3n) is 3.98. The number of nitrogens with zero attached hydrogens (tertiary/aromatic N) is 1. The van der Waals surface area contributed by atoms with Crippen molar-refractivity contribution >= 4 is 11.8 Å². The van der Waals surface area contributed by atoms with Gasteiger partial charge in [-0.3, -0.25) is 9.59 Å². The summed E-state index contributed by atoms with van der Waals surface area (Å²) in [5.74, 6) is 0.0496. The van der Waals surface area contributed by atoms with Gasteiger partial charge in [-0.2, -0.15) is 0 Å². The largest absolute Gasteiger partial charge is 0.508 e. The van der Waals surface area contributed by atoms with Gasteiger partial charge < -0.3 is 15.3 Å². The average molecular weight is 276 g/mol. The van der Waals surface area contributed by atoms with Crippen LogP contribution in [0.3, 0.4) is 0 Å². The van der Waals surface area contributed by atoms with Crippen LogP contribution in [-0.4, -0.2) is 42.0 Å². The average Bonchev–Trinajstić information content (AvgIpc) is 2.84. The molecule has 0 bridgehead atoms. The van der Waals surface area contributed by atoms with Crippen LogP contribution < -0.4 is 5.32 Å². The summed E-state index contributed by atoms with van der Waals surface area (Å²) < 4.78 is 0. The number of aryl methyl sites for hydroxylation is 1. The fourth-order valence-corrected chi connectivity index (χ4v) is 2.59. The first kappa shape index (κ1) is 14.4. The van der Waals surface area contributed by atoms with Gasteiger partial charge in [-0.1, -0.05) is 0 Å². The molecule has 0 aliphatic carbocycles. The molecule has 1 saturated heterocycles. The molecule has 2 rings (SSSR count). The highest BCUT2D eigenvalue weighted by molar-refractivity contribution is 5.95. The lowest BCUT2D eigenvalue weighted by atomic mass is 9.89. The van der Waals surface area contributed by atoms with Crippen LogP contribution in [0.1, 0.15) is 29.3 Å². The van der Waals surface area contributed by atoms with E-state index in [0.29, 0.717) is 30.6 Å². The fraction of sp³-hybridized carbons (Fsp3) is 0.467. The van der Waals surface area contributed by atoms with Crippen molar-refractivity contribution in [3.8, 4) is 5.75 Å². The van der Waals surface area contributed by atoms with Crippen molar-refractivity contribution in [2.45, 2.75) is 20.3 Å². The fourth-order valence-electron chi connectivity index (χ4n) is 2.59. The SMILES string of the molecule is CNC(=O)C1(C)CCN(C(=O)c2ccc(O)c(C)c2)C1. The zero-order valence-electron chi connectivity index (χ0n) is 12.1. The van der Waals surface area contributed by atoms with E-state index in [-0.39, 0.29) is 17.6 Å². The Bertz CT molecular complexity index is 556. The topological polar surface area (TPSA) is 69.6 Å². The Balaban J connectivity index is 2.15. The van der Waals surface area contributed by atoms with Crippen LogP contribution in [0.5, 0.6) is 5.75 Å². The van der Waals surface area contributed by atoms with Gasteiger partial charge in [0.2, 0.25) is 5.91 Å². The molecule has 1 fully saturated rings. The second-order valence-electron chi connectivity index (χ2n) is 5.62. The number of nitrogens with one attached hydrogen (secondary N) is 1. The summed E-state index contributed by atoms with van der Waals surface area (Å²) >= 11 is 0. The van der Waals surface area contributed by atoms with Crippen LogP contribution in [0.4, 0.5) is 0 Å². The van der Waals surface area contributed by atoms with Gasteiger partial charge >= 0.3 is 0 Å². The molecule has 5 heteroatoms. The number of hydrogen-bond acceptors (Lipinski definition) is 3. The summed E-state index contributed by atoms with van der Waals surface area (Å²) in [5.41, 5.74) is 0.696. The summed E-state index contributed by atoms with van der Waals surface area (Å²) in [7, 11) is 1.61. The van der Waals surface area contributed by atoms with Crippen molar-refractivity contribution in [3.63, 3.8) is 0 Å². The molecule has 1 aliphatic heterocycles. The van der Waals surface area contributed by atoms with E-state index in [1.54, 1.807) is 31.0 Å². The van der Waals surface area contributed by atoms with E-state index >= 15 is 0 Å². The quantitative estimate of drug-likeness (QED) is 0.855.